The summed E-state index contributed by atoms with van der Waals surface area (Å²) < 4.78 is 6.65. The molecule has 3 amide bonds. The molecule has 4 heterocycles. The molecule has 11 nitrogen and oxygen atoms in total. The Kier molecular flexibility index (Phi) is 4.89. The summed E-state index contributed by atoms with van der Waals surface area (Å²) in [5.41, 5.74) is 5.05. The van der Waals surface area contributed by atoms with E-state index in [4.69, 9.17) is 10.5 Å². The number of nitrogens with one attached hydrogen (secondary N) is 2. The van der Waals surface area contributed by atoms with E-state index in [0.29, 0.717) is 27.7 Å². The van der Waals surface area contributed by atoms with Gasteiger partial charge in [-0.15, -0.1) is 0 Å². The summed E-state index contributed by atoms with van der Waals surface area (Å²) in [7, 11) is 1.52. The van der Waals surface area contributed by atoms with E-state index >= 15 is 0 Å². The first kappa shape index (κ1) is 21.6. The van der Waals surface area contributed by atoms with Crippen LogP contribution in [0.15, 0.2) is 42.7 Å². The fraction of sp³-hybridized carbons (Fsp3) is 0.125. The molecule has 35 heavy (non-hydrogen) atoms. The van der Waals surface area contributed by atoms with Gasteiger partial charge in [0.15, 0.2) is 11.5 Å². The van der Waals surface area contributed by atoms with E-state index in [-0.39, 0.29) is 23.8 Å². The summed E-state index contributed by atoms with van der Waals surface area (Å²) in [6.07, 6.45) is 3.10. The molecule has 3 aromatic heterocycles. The molecule has 0 saturated carbocycles. The van der Waals surface area contributed by atoms with Crippen LogP contribution >= 0.6 is 0 Å². The lowest BCUT2D eigenvalue weighted by molar-refractivity contribution is -0.122. The van der Waals surface area contributed by atoms with Crippen molar-refractivity contribution in [3.05, 3.63) is 53.9 Å². The number of rotatable bonds is 3. The predicted molar refractivity (Wildman–Crippen MR) is 125 cm³/mol. The number of ether oxygens (including phenoxy) is 1. The molecule has 0 aliphatic carbocycles. The molecule has 1 fully saturated rings. The number of nitrogens with two attached hydrogens (primary N) is 1. The van der Waals surface area contributed by atoms with Gasteiger partial charge < -0.3 is 25.5 Å². The van der Waals surface area contributed by atoms with Crippen LogP contribution in [0, 0.1) is 23.2 Å². The Bertz CT molecular complexity index is 1660. The van der Waals surface area contributed by atoms with Gasteiger partial charge in [-0.25, -0.2) is 14.8 Å². The molecule has 5 rings (SSSR count). The third kappa shape index (κ3) is 3.67. The Hall–Kier alpha value is -5.29. The van der Waals surface area contributed by atoms with Gasteiger partial charge in [0.2, 0.25) is 5.54 Å². The van der Waals surface area contributed by atoms with Crippen molar-refractivity contribution in [2.45, 2.75) is 12.1 Å². The van der Waals surface area contributed by atoms with Gasteiger partial charge in [-0.05, 0) is 30.3 Å². The topological polar surface area (TPSA) is 168 Å². The molecule has 1 aliphatic rings. The minimum absolute atomic E-state index is 0.0761. The molecular weight excluding hydrogens is 450 g/mol. The molecule has 172 valence electrons. The second-order valence-electron chi connectivity index (χ2n) is 7.90. The minimum atomic E-state index is -1.65. The average molecular weight is 467 g/mol. The summed E-state index contributed by atoms with van der Waals surface area (Å²) in [5.74, 6) is 5.59. The van der Waals surface area contributed by atoms with E-state index in [2.05, 4.69) is 32.4 Å². The highest BCUT2D eigenvalue weighted by atomic mass is 16.5. The van der Waals surface area contributed by atoms with Gasteiger partial charge in [-0.3, -0.25) is 10.1 Å². The Morgan fingerprint density at radius 3 is 2.80 bits per heavy atom. The van der Waals surface area contributed by atoms with Gasteiger partial charge in [-0.2, -0.15) is 5.26 Å². The number of urea groups is 1. The SMILES string of the molecule is COc1ccc2cn(C[C@@]3(C#Cc4cnc5nc(N)c(C#N)cc5c4)NC(=O)NC3=O)c(O)c2c1. The fourth-order valence-electron chi connectivity index (χ4n) is 3.87. The first-order valence-electron chi connectivity index (χ1n) is 10.3. The summed E-state index contributed by atoms with van der Waals surface area (Å²) >= 11 is 0. The van der Waals surface area contributed by atoms with Crippen molar-refractivity contribution in [1.29, 1.82) is 5.26 Å². The second-order valence-corrected chi connectivity index (χ2v) is 7.90. The van der Waals surface area contributed by atoms with Gasteiger partial charge >= 0.3 is 6.03 Å². The number of fused-ring (bicyclic) bond motifs is 2. The van der Waals surface area contributed by atoms with E-state index in [9.17, 15) is 20.0 Å². The number of nitriles is 1. The van der Waals surface area contributed by atoms with Crippen molar-refractivity contribution in [3.63, 3.8) is 0 Å². The average Bonchev–Trinajstić information content (AvgIpc) is 3.31. The number of amides is 3. The number of aromatic nitrogens is 3. The first-order chi connectivity index (χ1) is 16.8. The third-order valence-corrected chi connectivity index (χ3v) is 5.66. The van der Waals surface area contributed by atoms with Crippen molar-refractivity contribution in [2.24, 2.45) is 0 Å². The van der Waals surface area contributed by atoms with Crippen LogP contribution in [0.1, 0.15) is 11.1 Å². The van der Waals surface area contributed by atoms with Gasteiger partial charge in [0.05, 0.1) is 19.2 Å². The molecular formula is C24H17N7O4. The summed E-state index contributed by atoms with van der Waals surface area (Å²) in [5, 5.41) is 26.5. The number of aromatic hydroxyl groups is 1. The molecule has 0 radical (unpaired) electrons. The lowest BCUT2D eigenvalue weighted by Gasteiger charge is -2.20. The molecule has 4 aromatic rings. The number of pyridine rings is 2. The van der Waals surface area contributed by atoms with Crippen molar-refractivity contribution < 1.29 is 19.4 Å². The van der Waals surface area contributed by atoms with Crippen LogP contribution in [0.25, 0.3) is 21.8 Å². The minimum Gasteiger partial charge on any atom is -0.497 e. The second kappa shape index (κ2) is 7.93. The fourth-order valence-corrected chi connectivity index (χ4v) is 3.87. The largest absolute Gasteiger partial charge is 0.497 e. The lowest BCUT2D eigenvalue weighted by atomic mass is 10.00. The Balaban J connectivity index is 1.56. The lowest BCUT2D eigenvalue weighted by Crippen LogP contribution is -2.49. The number of methoxy groups -OCH3 is 1. The number of hydrogen-bond donors (Lipinski definition) is 4. The molecule has 1 aliphatic heterocycles. The molecule has 1 aromatic carbocycles. The van der Waals surface area contributed by atoms with Crippen LogP contribution < -0.4 is 21.1 Å². The van der Waals surface area contributed by atoms with Gasteiger partial charge in [0.1, 0.15) is 17.6 Å². The molecule has 5 N–H and O–H groups in total. The monoisotopic (exact) mass is 467 g/mol. The van der Waals surface area contributed by atoms with Gasteiger partial charge in [0.25, 0.3) is 5.91 Å². The molecule has 11 heteroatoms. The number of nitrogens with zero attached hydrogens (tertiary/aromatic N) is 4. The number of benzene rings is 1. The highest BCUT2D eigenvalue weighted by Gasteiger charge is 2.46. The van der Waals surface area contributed by atoms with Crippen molar-refractivity contribution in [1.82, 2.24) is 25.2 Å². The summed E-state index contributed by atoms with van der Waals surface area (Å²) in [4.78, 5) is 33.1. The van der Waals surface area contributed by atoms with E-state index in [1.807, 2.05) is 6.07 Å². The Morgan fingerprint density at radius 1 is 1.26 bits per heavy atom. The Labute approximate surface area is 198 Å². The first-order valence-corrected chi connectivity index (χ1v) is 10.3. The van der Waals surface area contributed by atoms with Crippen LogP contribution in [0.3, 0.4) is 0 Å². The number of carbonyl (C=O) groups excluding carboxylic acids is 2. The number of hydrogen-bond acceptors (Lipinski definition) is 8. The van der Waals surface area contributed by atoms with E-state index in [1.165, 1.54) is 17.9 Å². The molecule has 1 atom stereocenters. The van der Waals surface area contributed by atoms with Crippen LogP contribution in [0.4, 0.5) is 10.6 Å². The highest BCUT2D eigenvalue weighted by molar-refractivity contribution is 6.09. The molecule has 0 unspecified atom stereocenters. The zero-order valence-electron chi connectivity index (χ0n) is 18.3. The van der Waals surface area contributed by atoms with Crippen molar-refractivity contribution >= 4 is 39.6 Å². The number of imide groups is 1. The zero-order chi connectivity index (χ0) is 24.7. The standard InChI is InChI=1S/C24H17N7O4/c1-35-17-3-2-14-11-31(21(32)18(14)8-17)12-24(22(33)29-23(34)30-24)5-4-13-6-15-7-16(9-25)19(26)28-20(15)27-10-13/h2-3,6-8,10-11,32H,12H2,1H3,(H2,26,27,28)(H2,29,30,33,34)/t24-/m1/s1. The zero-order valence-corrected chi connectivity index (χ0v) is 18.3. The summed E-state index contributed by atoms with van der Waals surface area (Å²) in [6, 6.07) is 9.66. The predicted octanol–water partition coefficient (Wildman–Crippen LogP) is 1.38. The Morgan fingerprint density at radius 2 is 2.09 bits per heavy atom. The molecule has 0 spiro atoms. The third-order valence-electron chi connectivity index (χ3n) is 5.66. The quantitative estimate of drug-likeness (QED) is 0.259. The van der Waals surface area contributed by atoms with Crippen LogP contribution in [0.2, 0.25) is 0 Å². The smallest absolute Gasteiger partial charge is 0.323 e. The van der Waals surface area contributed by atoms with Crippen molar-refractivity contribution in [2.75, 3.05) is 12.8 Å². The normalized spacial score (nSPS) is 16.9. The summed E-state index contributed by atoms with van der Waals surface area (Å²) in [6.45, 7) is -0.155. The van der Waals surface area contributed by atoms with E-state index in [0.717, 1.165) is 5.39 Å². The van der Waals surface area contributed by atoms with Gasteiger partial charge in [0, 0.05) is 34.1 Å². The van der Waals surface area contributed by atoms with Crippen LogP contribution in [-0.2, 0) is 11.3 Å². The van der Waals surface area contributed by atoms with Gasteiger partial charge in [-0.1, -0.05) is 11.8 Å². The van der Waals surface area contributed by atoms with Crippen LogP contribution in [-0.4, -0.2) is 44.2 Å². The highest BCUT2D eigenvalue weighted by Crippen LogP contribution is 2.32. The number of carbonyl (C=O) groups is 2. The maximum Gasteiger partial charge on any atom is 0.323 e. The van der Waals surface area contributed by atoms with Crippen LogP contribution in [0.5, 0.6) is 11.6 Å². The van der Waals surface area contributed by atoms with E-state index in [1.54, 1.807) is 36.5 Å². The maximum absolute atomic E-state index is 12.8. The molecule has 0 bridgehead atoms. The molecule has 1 saturated heterocycles. The number of anilines is 1. The van der Waals surface area contributed by atoms with E-state index < -0.39 is 17.5 Å². The van der Waals surface area contributed by atoms with Crippen molar-refractivity contribution in [3.8, 4) is 29.5 Å². The maximum atomic E-state index is 12.8. The number of nitrogen functional groups attached to an aromatic ring is 1.